The number of carbonyl (C=O) groups is 1. The molecule has 2 aliphatic rings. The summed E-state index contributed by atoms with van der Waals surface area (Å²) in [5.41, 5.74) is 2.90. The molecular formula is C28H36N8O2. The molecule has 1 saturated carbocycles. The number of nitrogens with one attached hydrogen (secondary N) is 3. The van der Waals surface area contributed by atoms with Crippen molar-refractivity contribution in [1.82, 2.24) is 24.4 Å². The molecule has 0 bridgehead atoms. The third-order valence-electron chi connectivity index (χ3n) is 7.16. The van der Waals surface area contributed by atoms with E-state index in [1.54, 1.807) is 6.20 Å². The van der Waals surface area contributed by atoms with Crippen molar-refractivity contribution in [2.45, 2.75) is 70.6 Å². The fraction of sp³-hybridized carbons (Fsp3) is 0.500. The number of imidazole rings is 1. The third-order valence-corrected chi connectivity index (χ3v) is 7.16. The summed E-state index contributed by atoms with van der Waals surface area (Å²) in [6.07, 6.45) is 8.62. The molecule has 10 nitrogen and oxygen atoms in total. The first-order valence-electron chi connectivity index (χ1n) is 13.6. The summed E-state index contributed by atoms with van der Waals surface area (Å²) in [6.45, 7) is 5.46. The largest absolute Gasteiger partial charge is 0.393 e. The fourth-order valence-electron chi connectivity index (χ4n) is 5.10. The minimum absolute atomic E-state index is 0.198. The number of fused-ring (bicyclic) bond motifs is 1. The van der Waals surface area contributed by atoms with Gasteiger partial charge in [0.15, 0.2) is 5.65 Å². The summed E-state index contributed by atoms with van der Waals surface area (Å²) in [5, 5.41) is 19.4. The van der Waals surface area contributed by atoms with Gasteiger partial charge < -0.3 is 21.1 Å². The predicted octanol–water partition coefficient (Wildman–Crippen LogP) is 3.73. The number of nitrogens with zero attached hydrogens (tertiary/aromatic N) is 5. The Kier molecular flexibility index (Phi) is 8.36. The fourth-order valence-corrected chi connectivity index (χ4v) is 5.10. The number of aryl methyl sites for hydroxylation is 1. The van der Waals surface area contributed by atoms with Crippen LogP contribution in [0.5, 0.6) is 0 Å². The van der Waals surface area contributed by atoms with Crippen LogP contribution in [0.2, 0.25) is 0 Å². The van der Waals surface area contributed by atoms with E-state index in [9.17, 15) is 9.90 Å². The van der Waals surface area contributed by atoms with Crippen LogP contribution in [0.3, 0.4) is 0 Å². The number of amides is 1. The van der Waals surface area contributed by atoms with E-state index in [0.29, 0.717) is 36.2 Å². The van der Waals surface area contributed by atoms with Gasteiger partial charge in [0.1, 0.15) is 5.52 Å². The van der Waals surface area contributed by atoms with Gasteiger partial charge in [0, 0.05) is 24.0 Å². The van der Waals surface area contributed by atoms with E-state index < -0.39 is 0 Å². The number of aliphatic hydroxyl groups is 1. The van der Waals surface area contributed by atoms with Gasteiger partial charge in [-0.05, 0) is 82.7 Å². The Labute approximate surface area is 223 Å². The van der Waals surface area contributed by atoms with E-state index in [-0.39, 0.29) is 18.1 Å². The number of rotatable bonds is 7. The second-order valence-corrected chi connectivity index (χ2v) is 10.0. The molecule has 0 unspecified atom stereocenters. The molecule has 2 fully saturated rings. The van der Waals surface area contributed by atoms with Crippen molar-refractivity contribution >= 4 is 40.3 Å². The maximum atomic E-state index is 12.4. The van der Waals surface area contributed by atoms with E-state index in [1.165, 1.54) is 19.3 Å². The van der Waals surface area contributed by atoms with Gasteiger partial charge in [-0.3, -0.25) is 14.3 Å². The van der Waals surface area contributed by atoms with Crippen molar-refractivity contribution in [1.29, 1.82) is 0 Å². The molecule has 4 N–H and O–H groups in total. The lowest BCUT2D eigenvalue weighted by Crippen LogP contribution is -2.30. The number of likely N-dealkylation sites (tertiary alicyclic amines) is 1. The van der Waals surface area contributed by atoms with Gasteiger partial charge in [-0.1, -0.05) is 18.4 Å². The standard InChI is InChI=1S/C28H36N8O2/c1-2-36-26-24(19-29-27(34-26)31-20-11-13-23(37)14-12-20)33-28(36)32-22-9-6-8-21(18-22)30-25(38)10-7-17-35-15-4-3-5-16-35/h6,8-9,18-20,23,37H,2-5,11-17H2,1H3,(H,30,38)(H,32,33)(H,29,31,34). The maximum absolute atomic E-state index is 12.4. The second kappa shape index (κ2) is 12.2. The van der Waals surface area contributed by atoms with E-state index >= 15 is 0 Å². The molecule has 10 heteroatoms. The SMILES string of the molecule is CCn1c(Nc2cccc(NC(=O)C#CCN3CCCCC3)c2)nc2cnc(NC3CCC(O)CC3)nc21. The lowest BCUT2D eigenvalue weighted by molar-refractivity contribution is -0.111. The molecule has 1 aromatic carbocycles. The molecule has 3 aromatic rings. The van der Waals surface area contributed by atoms with Crippen molar-refractivity contribution in [2.75, 3.05) is 35.6 Å². The summed E-state index contributed by atoms with van der Waals surface area (Å²) in [4.78, 5) is 28.6. The second-order valence-electron chi connectivity index (χ2n) is 10.0. The molecule has 1 aliphatic heterocycles. The zero-order valence-corrected chi connectivity index (χ0v) is 21.9. The van der Waals surface area contributed by atoms with Crippen LogP contribution in [0.4, 0.5) is 23.3 Å². The van der Waals surface area contributed by atoms with Gasteiger partial charge in [-0.2, -0.15) is 4.98 Å². The van der Waals surface area contributed by atoms with Crippen molar-refractivity contribution in [3.8, 4) is 11.8 Å². The minimum Gasteiger partial charge on any atom is -0.393 e. The molecular weight excluding hydrogens is 480 g/mol. The van der Waals surface area contributed by atoms with Crippen molar-refractivity contribution in [3.05, 3.63) is 30.5 Å². The maximum Gasteiger partial charge on any atom is 0.300 e. The van der Waals surface area contributed by atoms with Gasteiger partial charge in [0.05, 0.1) is 18.8 Å². The van der Waals surface area contributed by atoms with Gasteiger partial charge in [-0.15, -0.1) is 0 Å². The number of aromatic nitrogens is 4. The first kappa shape index (κ1) is 25.9. The van der Waals surface area contributed by atoms with Crippen LogP contribution in [0.15, 0.2) is 30.5 Å². The van der Waals surface area contributed by atoms with E-state index in [0.717, 1.165) is 50.1 Å². The highest BCUT2D eigenvalue weighted by Crippen LogP contribution is 2.25. The molecule has 0 spiro atoms. The van der Waals surface area contributed by atoms with Crippen LogP contribution < -0.4 is 16.0 Å². The summed E-state index contributed by atoms with van der Waals surface area (Å²) < 4.78 is 2.00. The Hall–Kier alpha value is -3.68. The monoisotopic (exact) mass is 516 g/mol. The van der Waals surface area contributed by atoms with Crippen molar-refractivity contribution in [2.24, 2.45) is 0 Å². The Morgan fingerprint density at radius 1 is 1.11 bits per heavy atom. The predicted molar refractivity (Wildman–Crippen MR) is 149 cm³/mol. The number of anilines is 4. The smallest absolute Gasteiger partial charge is 0.300 e. The summed E-state index contributed by atoms with van der Waals surface area (Å²) in [5.74, 6) is 6.62. The van der Waals surface area contributed by atoms with Gasteiger partial charge in [0.25, 0.3) is 5.91 Å². The van der Waals surface area contributed by atoms with Crippen LogP contribution in [0, 0.1) is 11.8 Å². The highest BCUT2D eigenvalue weighted by molar-refractivity contribution is 6.04. The van der Waals surface area contributed by atoms with E-state index in [1.807, 2.05) is 35.8 Å². The Bertz CT molecular complexity index is 1310. The Balaban J connectivity index is 1.24. The van der Waals surface area contributed by atoms with Crippen LogP contribution in [-0.4, -0.2) is 67.2 Å². The minimum atomic E-state index is -0.317. The highest BCUT2D eigenvalue weighted by atomic mass is 16.3. The summed E-state index contributed by atoms with van der Waals surface area (Å²) >= 11 is 0. The molecule has 200 valence electrons. The highest BCUT2D eigenvalue weighted by Gasteiger charge is 2.20. The van der Waals surface area contributed by atoms with Gasteiger partial charge >= 0.3 is 0 Å². The number of piperidine rings is 1. The molecule has 3 heterocycles. The zero-order valence-electron chi connectivity index (χ0n) is 21.9. The lowest BCUT2D eigenvalue weighted by atomic mass is 9.93. The van der Waals surface area contributed by atoms with Gasteiger partial charge in [0.2, 0.25) is 11.9 Å². The van der Waals surface area contributed by atoms with Gasteiger partial charge in [-0.25, -0.2) is 9.97 Å². The van der Waals surface area contributed by atoms with E-state index in [4.69, 9.17) is 9.97 Å². The number of aliphatic hydroxyl groups excluding tert-OH is 1. The van der Waals surface area contributed by atoms with Crippen LogP contribution in [0.1, 0.15) is 51.9 Å². The van der Waals surface area contributed by atoms with Crippen molar-refractivity contribution < 1.29 is 9.90 Å². The Morgan fingerprint density at radius 3 is 2.68 bits per heavy atom. The average molecular weight is 517 g/mol. The molecule has 1 saturated heterocycles. The summed E-state index contributed by atoms with van der Waals surface area (Å²) in [6, 6.07) is 7.76. The average Bonchev–Trinajstić information content (AvgIpc) is 3.27. The number of hydrogen-bond acceptors (Lipinski definition) is 8. The number of benzene rings is 1. The Morgan fingerprint density at radius 2 is 1.89 bits per heavy atom. The number of hydrogen-bond donors (Lipinski definition) is 4. The normalized spacial score (nSPS) is 19.9. The lowest BCUT2D eigenvalue weighted by Gasteiger charge is -2.26. The van der Waals surface area contributed by atoms with Crippen molar-refractivity contribution in [3.63, 3.8) is 0 Å². The molecule has 0 radical (unpaired) electrons. The quantitative estimate of drug-likeness (QED) is 0.351. The van der Waals surface area contributed by atoms with Crippen LogP contribution >= 0.6 is 0 Å². The molecule has 1 amide bonds. The zero-order chi connectivity index (χ0) is 26.3. The molecule has 2 aromatic heterocycles. The van der Waals surface area contributed by atoms with Crippen LogP contribution in [0.25, 0.3) is 11.2 Å². The molecule has 1 aliphatic carbocycles. The first-order valence-corrected chi connectivity index (χ1v) is 13.6. The number of carbonyl (C=O) groups excluding carboxylic acids is 1. The van der Waals surface area contributed by atoms with E-state index in [2.05, 4.69) is 37.7 Å². The first-order chi connectivity index (χ1) is 18.6. The molecule has 38 heavy (non-hydrogen) atoms. The molecule has 0 atom stereocenters. The third kappa shape index (κ3) is 6.60. The molecule has 5 rings (SSSR count). The topological polar surface area (TPSA) is 120 Å². The summed E-state index contributed by atoms with van der Waals surface area (Å²) in [7, 11) is 0. The van der Waals surface area contributed by atoms with Crippen LogP contribution in [-0.2, 0) is 11.3 Å².